The van der Waals surface area contributed by atoms with E-state index in [1.807, 2.05) is 55.5 Å². The van der Waals surface area contributed by atoms with E-state index in [1.54, 1.807) is 6.07 Å². The molecule has 24 heavy (non-hydrogen) atoms. The fourth-order valence-corrected chi connectivity index (χ4v) is 2.56. The maximum atomic E-state index is 12.4. The Hall–Kier alpha value is -2.37. The fourth-order valence-electron chi connectivity index (χ4n) is 2.56. The zero-order valence-corrected chi connectivity index (χ0v) is 13.7. The normalized spacial score (nSPS) is 15.9. The molecule has 0 unspecified atom stereocenters. The highest BCUT2D eigenvalue weighted by atomic mass is 16.7. The number of ether oxygens (including phenoxy) is 2. The molecule has 2 aromatic rings. The molecule has 0 aromatic heterocycles. The number of benzene rings is 2. The van der Waals surface area contributed by atoms with E-state index in [4.69, 9.17) is 9.47 Å². The van der Waals surface area contributed by atoms with Crippen molar-refractivity contribution >= 4 is 11.6 Å². The lowest BCUT2D eigenvalue weighted by molar-refractivity contribution is -0.0441. The van der Waals surface area contributed by atoms with Crippen LogP contribution in [0.3, 0.4) is 0 Å². The van der Waals surface area contributed by atoms with Gasteiger partial charge in [0.15, 0.2) is 6.29 Å². The number of rotatable bonds is 6. The Balaban J connectivity index is 1.55. The van der Waals surface area contributed by atoms with Crippen molar-refractivity contribution in [2.45, 2.75) is 19.3 Å². The van der Waals surface area contributed by atoms with Gasteiger partial charge in [-0.1, -0.05) is 30.3 Å². The average Bonchev–Trinajstić information content (AvgIpc) is 3.16. The van der Waals surface area contributed by atoms with Gasteiger partial charge >= 0.3 is 0 Å². The molecule has 1 aliphatic heterocycles. The summed E-state index contributed by atoms with van der Waals surface area (Å²) >= 11 is 0. The molecule has 0 bridgehead atoms. The molecule has 1 aliphatic rings. The van der Waals surface area contributed by atoms with Crippen molar-refractivity contribution in [3.8, 4) is 0 Å². The zero-order chi connectivity index (χ0) is 16.8. The van der Waals surface area contributed by atoms with Crippen LogP contribution in [0, 0.1) is 0 Å². The molecule has 1 amide bonds. The van der Waals surface area contributed by atoms with Gasteiger partial charge in [0.1, 0.15) is 0 Å². The van der Waals surface area contributed by atoms with E-state index in [9.17, 15) is 4.79 Å². The molecule has 0 aliphatic carbocycles. The molecule has 0 saturated carbocycles. The summed E-state index contributed by atoms with van der Waals surface area (Å²) in [5.41, 5.74) is 2.52. The van der Waals surface area contributed by atoms with E-state index in [0.717, 1.165) is 11.3 Å². The lowest BCUT2D eigenvalue weighted by Gasteiger charge is -2.16. The maximum Gasteiger partial charge on any atom is 0.251 e. The molecular formula is C19H22N2O3. The number of carbonyl (C=O) groups is 1. The van der Waals surface area contributed by atoms with Crippen LogP contribution in [0.1, 0.15) is 29.1 Å². The summed E-state index contributed by atoms with van der Waals surface area (Å²) in [5, 5.41) is 6.30. The molecule has 1 atom stereocenters. The van der Waals surface area contributed by atoms with Crippen molar-refractivity contribution in [2.24, 2.45) is 0 Å². The Labute approximate surface area is 142 Å². The van der Waals surface area contributed by atoms with Crippen LogP contribution < -0.4 is 10.6 Å². The number of anilines is 1. The van der Waals surface area contributed by atoms with Gasteiger partial charge in [-0.05, 0) is 31.2 Å². The summed E-state index contributed by atoms with van der Waals surface area (Å²) in [6.07, 6.45) is -0.366. The highest BCUT2D eigenvalue weighted by Crippen LogP contribution is 2.23. The summed E-state index contributed by atoms with van der Waals surface area (Å²) in [5.74, 6) is -0.0998. The third-order valence-corrected chi connectivity index (χ3v) is 3.81. The molecule has 0 spiro atoms. The minimum Gasteiger partial charge on any atom is -0.383 e. The Morgan fingerprint density at radius 3 is 2.62 bits per heavy atom. The molecule has 126 valence electrons. The van der Waals surface area contributed by atoms with Crippen molar-refractivity contribution in [1.82, 2.24) is 5.32 Å². The molecule has 2 aromatic carbocycles. The summed E-state index contributed by atoms with van der Waals surface area (Å²) in [6.45, 7) is 3.80. The Kier molecular flexibility index (Phi) is 5.46. The quantitative estimate of drug-likeness (QED) is 0.857. The van der Waals surface area contributed by atoms with Gasteiger partial charge in [-0.15, -0.1) is 0 Å². The number of hydrogen-bond donors (Lipinski definition) is 2. The van der Waals surface area contributed by atoms with Gasteiger partial charge in [0.05, 0.1) is 13.2 Å². The maximum absolute atomic E-state index is 12.4. The van der Waals surface area contributed by atoms with E-state index >= 15 is 0 Å². The van der Waals surface area contributed by atoms with Gasteiger partial charge in [0.2, 0.25) is 0 Å². The first-order valence-corrected chi connectivity index (χ1v) is 8.15. The summed E-state index contributed by atoms with van der Waals surface area (Å²) in [4.78, 5) is 12.4. The third kappa shape index (κ3) is 4.34. The predicted octanol–water partition coefficient (Wildman–Crippen LogP) is 2.96. The Morgan fingerprint density at radius 1 is 1.12 bits per heavy atom. The van der Waals surface area contributed by atoms with Gasteiger partial charge in [0, 0.05) is 29.4 Å². The largest absolute Gasteiger partial charge is 0.383 e. The van der Waals surface area contributed by atoms with Gasteiger partial charge in [-0.25, -0.2) is 0 Å². The topological polar surface area (TPSA) is 59.6 Å². The third-order valence-electron chi connectivity index (χ3n) is 3.81. The van der Waals surface area contributed by atoms with Gasteiger partial charge < -0.3 is 20.1 Å². The van der Waals surface area contributed by atoms with Crippen LogP contribution >= 0.6 is 0 Å². The summed E-state index contributed by atoms with van der Waals surface area (Å²) in [6, 6.07) is 17.3. The SMILES string of the molecule is C[C@@H](CNc1ccccc1)NC(=O)c1cccc(C2OCCO2)c1. The van der Waals surface area contributed by atoms with Crippen molar-refractivity contribution in [3.63, 3.8) is 0 Å². The van der Waals surface area contributed by atoms with Crippen LogP contribution in [0.15, 0.2) is 54.6 Å². The second kappa shape index (κ2) is 7.95. The first-order chi connectivity index (χ1) is 11.7. The molecule has 0 radical (unpaired) electrons. The molecule has 1 saturated heterocycles. The monoisotopic (exact) mass is 326 g/mol. The minimum atomic E-state index is -0.366. The Bertz CT molecular complexity index is 669. The molecule has 1 heterocycles. The second-order valence-corrected chi connectivity index (χ2v) is 5.82. The molecule has 5 heteroatoms. The number of para-hydroxylation sites is 1. The smallest absolute Gasteiger partial charge is 0.251 e. The van der Waals surface area contributed by atoms with Crippen LogP contribution in [0.2, 0.25) is 0 Å². The summed E-state index contributed by atoms with van der Waals surface area (Å²) < 4.78 is 11.0. The van der Waals surface area contributed by atoms with Gasteiger partial charge in [-0.3, -0.25) is 4.79 Å². The lowest BCUT2D eigenvalue weighted by Crippen LogP contribution is -2.37. The second-order valence-electron chi connectivity index (χ2n) is 5.82. The van der Waals surface area contributed by atoms with Crippen LogP contribution in [-0.4, -0.2) is 31.7 Å². The van der Waals surface area contributed by atoms with E-state index < -0.39 is 0 Å². The van der Waals surface area contributed by atoms with E-state index in [-0.39, 0.29) is 18.2 Å². The molecule has 1 fully saturated rings. The average molecular weight is 326 g/mol. The number of hydrogen-bond acceptors (Lipinski definition) is 4. The minimum absolute atomic E-state index is 0.000317. The van der Waals surface area contributed by atoms with E-state index in [2.05, 4.69) is 10.6 Å². The Morgan fingerprint density at radius 2 is 1.88 bits per heavy atom. The number of carbonyl (C=O) groups excluding carboxylic acids is 1. The van der Waals surface area contributed by atoms with Crippen molar-refractivity contribution < 1.29 is 14.3 Å². The number of nitrogens with one attached hydrogen (secondary N) is 2. The zero-order valence-electron chi connectivity index (χ0n) is 13.7. The van der Waals surface area contributed by atoms with Gasteiger partial charge in [0.25, 0.3) is 5.91 Å². The molecule has 3 rings (SSSR count). The van der Waals surface area contributed by atoms with Crippen molar-refractivity contribution in [2.75, 3.05) is 25.1 Å². The van der Waals surface area contributed by atoms with Crippen LogP contribution in [-0.2, 0) is 9.47 Å². The molecule has 5 nitrogen and oxygen atoms in total. The first-order valence-electron chi connectivity index (χ1n) is 8.15. The highest BCUT2D eigenvalue weighted by Gasteiger charge is 2.19. The van der Waals surface area contributed by atoms with Crippen LogP contribution in [0.4, 0.5) is 5.69 Å². The fraction of sp³-hybridized carbons (Fsp3) is 0.316. The highest BCUT2D eigenvalue weighted by molar-refractivity contribution is 5.94. The van der Waals surface area contributed by atoms with Crippen molar-refractivity contribution in [3.05, 3.63) is 65.7 Å². The van der Waals surface area contributed by atoms with Gasteiger partial charge in [-0.2, -0.15) is 0 Å². The van der Waals surface area contributed by atoms with Crippen LogP contribution in [0.5, 0.6) is 0 Å². The molecule has 2 N–H and O–H groups in total. The first kappa shape index (κ1) is 16.5. The summed E-state index contributed by atoms with van der Waals surface area (Å²) in [7, 11) is 0. The van der Waals surface area contributed by atoms with Crippen molar-refractivity contribution in [1.29, 1.82) is 0 Å². The predicted molar refractivity (Wildman–Crippen MR) is 92.9 cm³/mol. The number of amides is 1. The lowest BCUT2D eigenvalue weighted by atomic mass is 10.1. The van der Waals surface area contributed by atoms with E-state index in [0.29, 0.717) is 25.3 Å². The van der Waals surface area contributed by atoms with Crippen LogP contribution in [0.25, 0.3) is 0 Å². The molecular weight excluding hydrogens is 304 g/mol. The standard InChI is InChI=1S/C19H22N2O3/c1-14(13-20-17-8-3-2-4-9-17)21-18(22)15-6-5-7-16(12-15)19-23-10-11-24-19/h2-9,12,14,19-20H,10-11,13H2,1H3,(H,21,22)/t14-/m0/s1. The van der Waals surface area contributed by atoms with E-state index in [1.165, 1.54) is 0 Å².